The van der Waals surface area contributed by atoms with E-state index in [1.807, 2.05) is 94.4 Å². The molecule has 1 fully saturated rings. The zero-order chi connectivity index (χ0) is 62.5. The van der Waals surface area contributed by atoms with E-state index >= 15 is 0 Å². The number of Topliss-reactive ketones (excluding diaryl/α,β-unsaturated/α-hetero) is 1. The molecule has 87 heavy (non-hydrogen) atoms. The van der Waals surface area contributed by atoms with E-state index in [4.69, 9.17) is 10.5 Å². The molecular weight excluding hydrogens is 1150 g/mol. The Balaban J connectivity index is 0.750. The number of hydrogen-bond acceptors (Lipinski definition) is 13. The molecule has 0 radical (unpaired) electrons. The Hall–Kier alpha value is -7.72. The molecule has 6 amide bonds. The molecule has 4 aromatic carbocycles. The Labute approximate surface area is 508 Å². The van der Waals surface area contributed by atoms with Crippen LogP contribution in [0.15, 0.2) is 96.5 Å². The van der Waals surface area contributed by atoms with Gasteiger partial charge in [0.25, 0.3) is 11.4 Å². The molecule has 1 unspecified atom stereocenters. The number of primary amides is 1. The number of H-pyrrole nitrogens is 1. The molecule has 1 saturated heterocycles. The average Bonchev–Trinajstić information content (AvgIpc) is 2.15. The van der Waals surface area contributed by atoms with Crippen molar-refractivity contribution in [1.29, 1.82) is 0 Å². The highest BCUT2D eigenvalue weighted by Crippen LogP contribution is 2.44. The minimum Gasteiger partial charge on any atom is -0.391 e. The number of ether oxygens (including phenoxy) is 1. The number of aliphatic hydroxyl groups is 1. The van der Waals surface area contributed by atoms with Gasteiger partial charge in [0, 0.05) is 48.8 Å². The summed E-state index contributed by atoms with van der Waals surface area (Å²) in [5.74, 6) is -4.76. The zero-order valence-electron chi connectivity index (χ0n) is 49.3. The van der Waals surface area contributed by atoms with Gasteiger partial charge in [-0.3, -0.25) is 42.9 Å². The molecule has 2 aromatic heterocycles. The van der Waals surface area contributed by atoms with Crippen LogP contribution in [-0.2, 0) is 70.5 Å². The summed E-state index contributed by atoms with van der Waals surface area (Å²) in [6.07, 6.45) is 1.76. The Morgan fingerprint density at radius 3 is 2.30 bits per heavy atom. The number of rotatable bonds is 24. The molecule has 9 rings (SSSR count). The van der Waals surface area contributed by atoms with Crippen LogP contribution in [0.2, 0.25) is 0 Å². The van der Waals surface area contributed by atoms with Crippen LogP contribution in [0.25, 0.3) is 21.3 Å². The lowest BCUT2D eigenvalue weighted by atomic mass is 9.84. The molecule has 21 nitrogen and oxygen atoms in total. The van der Waals surface area contributed by atoms with Gasteiger partial charge in [-0.2, -0.15) is 0 Å². The van der Waals surface area contributed by atoms with Gasteiger partial charge >= 0.3 is 7.60 Å². The maximum atomic E-state index is 14.6. The number of nitrogens with two attached hydrogens (primary N) is 1. The summed E-state index contributed by atoms with van der Waals surface area (Å²) >= 11 is 1.56. The van der Waals surface area contributed by atoms with Gasteiger partial charge in [0.15, 0.2) is 5.78 Å². The Morgan fingerprint density at radius 1 is 0.897 bits per heavy atom. The number of β-amino-alcohol motifs (C(OH)–C–C–N with tert-alkyl or cyclic N) is 1. The molecule has 6 aromatic rings. The third-order valence-corrected chi connectivity index (χ3v) is 18.5. The number of amides is 6. The number of unbranched alkanes of at least 4 members (excludes halogenated alkanes) is 1. The Morgan fingerprint density at radius 2 is 1.61 bits per heavy atom. The van der Waals surface area contributed by atoms with Crippen LogP contribution in [0.4, 0.5) is 0 Å². The van der Waals surface area contributed by atoms with E-state index < -0.39 is 90.4 Å². The number of aromatic nitrogens is 2. The third-order valence-electron chi connectivity index (χ3n) is 16.8. The van der Waals surface area contributed by atoms with Crippen LogP contribution in [-0.4, -0.2) is 119 Å². The summed E-state index contributed by atoms with van der Waals surface area (Å²) in [6.45, 7) is 9.68. The van der Waals surface area contributed by atoms with E-state index in [2.05, 4.69) is 31.2 Å². The van der Waals surface area contributed by atoms with Crippen molar-refractivity contribution in [2.45, 2.75) is 154 Å². The summed E-state index contributed by atoms with van der Waals surface area (Å²) in [4.78, 5) is 137. The molecule has 8 atom stereocenters. The topological polar surface area (TPSA) is 330 Å². The van der Waals surface area contributed by atoms with Crippen molar-refractivity contribution in [2.75, 3.05) is 6.54 Å². The number of nitrogens with zero attached hydrogens (tertiary/aromatic N) is 2. The summed E-state index contributed by atoms with van der Waals surface area (Å²) < 4.78 is 17.9. The van der Waals surface area contributed by atoms with Gasteiger partial charge < -0.3 is 56.5 Å². The predicted octanol–water partition coefficient (Wildman–Crippen LogP) is 6.37. The molecule has 0 bridgehead atoms. The van der Waals surface area contributed by atoms with E-state index in [0.717, 1.165) is 49.5 Å². The van der Waals surface area contributed by atoms with Crippen molar-refractivity contribution < 1.29 is 62.6 Å². The number of benzene rings is 4. The monoisotopic (exact) mass is 1230 g/mol. The number of nitrogens with one attached hydrogen (secondary N) is 5. The minimum absolute atomic E-state index is 0.0273. The van der Waals surface area contributed by atoms with Crippen molar-refractivity contribution in [1.82, 2.24) is 36.1 Å². The summed E-state index contributed by atoms with van der Waals surface area (Å²) in [6, 6.07) is 23.2. The van der Waals surface area contributed by atoms with E-state index in [1.54, 1.807) is 23.8 Å². The van der Waals surface area contributed by atoms with Crippen LogP contribution in [0, 0.1) is 18.3 Å². The molecule has 3 aliphatic rings. The second kappa shape index (κ2) is 27.1. The summed E-state index contributed by atoms with van der Waals surface area (Å²) in [5, 5.41) is 22.9. The van der Waals surface area contributed by atoms with Gasteiger partial charge in [-0.25, -0.2) is 4.98 Å². The van der Waals surface area contributed by atoms with Crippen LogP contribution in [0.3, 0.4) is 0 Å². The summed E-state index contributed by atoms with van der Waals surface area (Å²) in [7, 11) is -5.05. The maximum Gasteiger partial charge on any atom is 0.396 e. The first kappa shape index (κ1) is 63.8. The van der Waals surface area contributed by atoms with Crippen molar-refractivity contribution in [3.05, 3.63) is 147 Å². The van der Waals surface area contributed by atoms with E-state index in [1.165, 1.54) is 29.2 Å². The van der Waals surface area contributed by atoms with Gasteiger partial charge in [0.1, 0.15) is 17.8 Å². The number of aromatic amines is 1. The van der Waals surface area contributed by atoms with Crippen molar-refractivity contribution in [2.24, 2.45) is 17.1 Å². The predicted molar refractivity (Wildman–Crippen MR) is 326 cm³/mol. The van der Waals surface area contributed by atoms with Crippen LogP contribution < -0.4 is 27.0 Å². The molecule has 0 saturated carbocycles. The molecule has 0 spiro atoms. The number of ketones is 1. The van der Waals surface area contributed by atoms with E-state index in [9.17, 15) is 57.8 Å². The standard InChI is InChI=1S/C64H75N8O13PS/c1-35-57(87-34-67-35)41-19-17-38(18-20-41)31-66-61(79)51-30-45(73)32-72(51)62(80)58(64(3,4)5)71-53(75)12-7-6-9-37-13-15-39(16-14-37)33-85-36(2)47(25-26-52(65)74)69-59(77)46-28-42-11-8-10-40-21-24-49(56(76)55(46)54(40)42)70-60(78)50-29-44-27-43(22-23-48(44)68-50)63(81)86(82,83)84/h8,10-11,13-20,22-23,27,29,34,36,45-47,49,51,55,58,68,73H,6-7,9,12,21,24-26,28,30-33H2,1-5H3,(H2,65,74)(H,66,79)(H,69,77)(H,70,78)(H,71,75)(H2,82,83,84)/t36-,45-,46-,47+,49+,51+,55?,58-/m1/s1. The second-order valence-electron chi connectivity index (χ2n) is 24.2. The first-order valence-electron chi connectivity index (χ1n) is 29.3. The van der Waals surface area contributed by atoms with Crippen molar-refractivity contribution >= 4 is 76.6 Å². The van der Waals surface area contributed by atoms with E-state index in [-0.39, 0.29) is 87.1 Å². The number of thiazole rings is 1. The number of likely N-dealkylation sites (tertiary alicyclic amines) is 1. The summed E-state index contributed by atoms with van der Waals surface area (Å²) in [5.41, 5.74) is 12.9. The highest BCUT2D eigenvalue weighted by Gasteiger charge is 2.48. The molecule has 2 aliphatic carbocycles. The molecule has 1 aliphatic heterocycles. The zero-order valence-corrected chi connectivity index (χ0v) is 51.0. The van der Waals surface area contributed by atoms with Gasteiger partial charge in [0.2, 0.25) is 29.5 Å². The van der Waals surface area contributed by atoms with E-state index in [0.29, 0.717) is 36.6 Å². The molecular formula is C64H75N8O13PS. The SMILES string of the molecule is Cc1ncsc1-c1ccc(CNC(=O)[C@@H]2C[C@@H](O)CN2C(=O)[C@@H](NC(=O)CCCCc2ccc(CO[C@H](C)[C@H](CCC(N)=O)NC(=O)[C@@H]3Cc4cccc5c4C3C(=O)[C@@H](NC(=O)c3cc4cc(C(=O)P(=O)(O)O)ccc4[nH]3)CC5)cc2)C(C)(C)C)cc1. The number of hydrogen-bond donors (Lipinski definition) is 9. The largest absolute Gasteiger partial charge is 0.396 e. The van der Waals surface area contributed by atoms with Gasteiger partial charge in [0.05, 0.1) is 58.8 Å². The Kier molecular flexibility index (Phi) is 19.9. The lowest BCUT2D eigenvalue weighted by molar-refractivity contribution is -0.144. The highest BCUT2D eigenvalue weighted by molar-refractivity contribution is 7.70. The fraction of sp³-hybridized carbons (Fsp3) is 0.422. The molecule has 23 heteroatoms. The lowest BCUT2D eigenvalue weighted by Crippen LogP contribution is -2.57. The number of aliphatic hydroxyl groups excluding tert-OH is 1. The van der Waals surface area contributed by atoms with Crippen molar-refractivity contribution in [3.8, 4) is 10.4 Å². The number of carbonyl (C=O) groups excluding carboxylic acids is 8. The van der Waals surface area contributed by atoms with Gasteiger partial charge in [-0.1, -0.05) is 87.5 Å². The van der Waals surface area contributed by atoms with Gasteiger partial charge in [-0.15, -0.1) is 11.3 Å². The fourth-order valence-electron chi connectivity index (χ4n) is 12.0. The highest BCUT2D eigenvalue weighted by atomic mass is 32.1. The minimum atomic E-state index is -5.05. The second-order valence-corrected chi connectivity index (χ2v) is 26.5. The van der Waals surface area contributed by atoms with Crippen LogP contribution >= 0.6 is 18.9 Å². The maximum absolute atomic E-state index is 14.6. The first-order chi connectivity index (χ1) is 41.3. The average molecular weight is 1230 g/mol. The number of fused-ring (bicyclic) bond motifs is 1. The van der Waals surface area contributed by atoms with Crippen molar-refractivity contribution in [3.63, 3.8) is 0 Å². The third kappa shape index (κ3) is 15.3. The smallest absolute Gasteiger partial charge is 0.391 e. The quantitative estimate of drug-likeness (QED) is 0.0235. The van der Waals surface area contributed by atoms with Gasteiger partial charge in [-0.05, 0) is 127 Å². The molecule has 460 valence electrons. The lowest BCUT2D eigenvalue weighted by Gasteiger charge is -2.35. The van der Waals surface area contributed by atoms with Crippen LogP contribution in [0.1, 0.15) is 138 Å². The van der Waals surface area contributed by atoms with Crippen LogP contribution in [0.5, 0.6) is 0 Å². The Bertz CT molecular complexity index is 3630. The molecule has 3 heterocycles. The molecule has 10 N–H and O–H groups in total. The first-order valence-corrected chi connectivity index (χ1v) is 31.8. The number of carbonyl (C=O) groups is 8. The number of aryl methyl sites for hydroxylation is 3. The fourth-order valence-corrected chi connectivity index (χ4v) is 13.3. The normalized spacial score (nSPS) is 19.4.